The highest BCUT2D eigenvalue weighted by Crippen LogP contribution is 2.36. The standard InChI is InChI=1S/C20H25NO3S2/c1-4-14-8-10-15(11-9-14)16-13-26-19(18(16)20(23)24-5-2)21-17(22)7-6-12-25-3/h8-11,13H,4-7,12H2,1-3H3,(H,21,22). The summed E-state index contributed by atoms with van der Waals surface area (Å²) in [4.78, 5) is 24.7. The van der Waals surface area contributed by atoms with Gasteiger partial charge in [0.25, 0.3) is 0 Å². The number of aryl methyl sites for hydroxylation is 1. The first-order valence-electron chi connectivity index (χ1n) is 8.77. The fourth-order valence-electron chi connectivity index (χ4n) is 2.55. The zero-order valence-corrected chi connectivity index (χ0v) is 17.1. The molecule has 1 amide bonds. The number of nitrogens with one attached hydrogen (secondary N) is 1. The molecule has 4 nitrogen and oxygen atoms in total. The molecule has 6 heteroatoms. The van der Waals surface area contributed by atoms with Crippen LogP contribution < -0.4 is 5.32 Å². The summed E-state index contributed by atoms with van der Waals surface area (Å²) in [5.74, 6) is 0.472. The molecular formula is C20H25NO3S2. The Labute approximate surface area is 163 Å². The maximum Gasteiger partial charge on any atom is 0.341 e. The number of hydrogen-bond donors (Lipinski definition) is 1. The Hall–Kier alpha value is -1.79. The molecule has 1 N–H and O–H groups in total. The lowest BCUT2D eigenvalue weighted by Crippen LogP contribution is -2.14. The van der Waals surface area contributed by atoms with Gasteiger partial charge in [0, 0.05) is 17.4 Å². The number of carbonyl (C=O) groups is 2. The van der Waals surface area contributed by atoms with Gasteiger partial charge < -0.3 is 10.1 Å². The highest BCUT2D eigenvalue weighted by atomic mass is 32.2. The minimum absolute atomic E-state index is 0.0701. The number of benzene rings is 1. The number of anilines is 1. The third-order valence-corrected chi connectivity index (χ3v) is 5.54. The van der Waals surface area contributed by atoms with Gasteiger partial charge in [-0.05, 0) is 42.9 Å². The summed E-state index contributed by atoms with van der Waals surface area (Å²) in [5.41, 5.74) is 3.43. The zero-order chi connectivity index (χ0) is 18.9. The van der Waals surface area contributed by atoms with Crippen molar-refractivity contribution in [2.24, 2.45) is 0 Å². The first kappa shape index (κ1) is 20.5. The van der Waals surface area contributed by atoms with E-state index in [4.69, 9.17) is 4.74 Å². The number of carbonyl (C=O) groups excluding carboxylic acids is 2. The molecule has 140 valence electrons. The van der Waals surface area contributed by atoms with E-state index in [2.05, 4.69) is 24.4 Å². The van der Waals surface area contributed by atoms with Gasteiger partial charge in [-0.1, -0.05) is 31.2 Å². The summed E-state index contributed by atoms with van der Waals surface area (Å²) in [6.07, 6.45) is 4.25. The first-order valence-corrected chi connectivity index (χ1v) is 11.0. The Kier molecular flexibility index (Phi) is 8.19. The van der Waals surface area contributed by atoms with Crippen molar-refractivity contribution in [2.45, 2.75) is 33.1 Å². The van der Waals surface area contributed by atoms with Crippen LogP contribution in [0, 0.1) is 0 Å². The predicted octanol–water partition coefficient (Wildman–Crippen LogP) is 5.24. The van der Waals surface area contributed by atoms with Crippen molar-refractivity contribution in [3.05, 3.63) is 40.8 Å². The van der Waals surface area contributed by atoms with E-state index in [1.165, 1.54) is 16.9 Å². The van der Waals surface area contributed by atoms with Crippen molar-refractivity contribution in [1.29, 1.82) is 0 Å². The third kappa shape index (κ3) is 5.35. The fraction of sp³-hybridized carbons (Fsp3) is 0.400. The Morgan fingerprint density at radius 1 is 1.19 bits per heavy atom. The number of esters is 1. The molecule has 0 aliphatic heterocycles. The summed E-state index contributed by atoms with van der Waals surface area (Å²) >= 11 is 3.08. The highest BCUT2D eigenvalue weighted by molar-refractivity contribution is 7.98. The number of ether oxygens (including phenoxy) is 1. The molecule has 26 heavy (non-hydrogen) atoms. The van der Waals surface area contributed by atoms with Crippen molar-refractivity contribution in [1.82, 2.24) is 0 Å². The molecule has 0 aliphatic carbocycles. The smallest absolute Gasteiger partial charge is 0.341 e. The van der Waals surface area contributed by atoms with Gasteiger partial charge in [0.15, 0.2) is 0 Å². The van der Waals surface area contributed by atoms with Gasteiger partial charge in [-0.25, -0.2) is 4.79 Å². The molecule has 0 saturated carbocycles. The normalized spacial score (nSPS) is 10.6. The van der Waals surface area contributed by atoms with Crippen LogP contribution in [0.25, 0.3) is 11.1 Å². The molecule has 2 aromatic rings. The van der Waals surface area contributed by atoms with E-state index in [1.54, 1.807) is 18.7 Å². The van der Waals surface area contributed by atoms with Crippen LogP contribution in [0.5, 0.6) is 0 Å². The SMILES string of the molecule is CCOC(=O)c1c(-c2ccc(CC)cc2)csc1NC(=O)CCCSC. The van der Waals surface area contributed by atoms with Gasteiger partial charge >= 0.3 is 5.97 Å². The van der Waals surface area contributed by atoms with E-state index in [9.17, 15) is 9.59 Å². The van der Waals surface area contributed by atoms with Crippen LogP contribution in [0.2, 0.25) is 0 Å². The molecule has 1 aromatic heterocycles. The summed E-state index contributed by atoms with van der Waals surface area (Å²) in [5, 5.41) is 5.36. The minimum Gasteiger partial charge on any atom is -0.462 e. The average molecular weight is 392 g/mol. The second-order valence-electron chi connectivity index (χ2n) is 5.77. The van der Waals surface area contributed by atoms with Crippen molar-refractivity contribution < 1.29 is 14.3 Å². The molecule has 1 heterocycles. The summed E-state index contributed by atoms with van der Waals surface area (Å²) in [6.45, 7) is 4.18. The number of hydrogen-bond acceptors (Lipinski definition) is 5. The minimum atomic E-state index is -0.400. The van der Waals surface area contributed by atoms with E-state index in [-0.39, 0.29) is 5.91 Å². The molecule has 0 radical (unpaired) electrons. The Morgan fingerprint density at radius 2 is 1.92 bits per heavy atom. The molecule has 0 unspecified atom stereocenters. The largest absolute Gasteiger partial charge is 0.462 e. The van der Waals surface area contributed by atoms with Gasteiger partial charge in [0.2, 0.25) is 5.91 Å². The van der Waals surface area contributed by atoms with Gasteiger partial charge in [-0.15, -0.1) is 11.3 Å². The molecule has 0 saturated heterocycles. The summed E-state index contributed by atoms with van der Waals surface area (Å²) in [7, 11) is 0. The van der Waals surface area contributed by atoms with Gasteiger partial charge in [0.05, 0.1) is 6.61 Å². The second-order valence-corrected chi connectivity index (χ2v) is 7.63. The highest BCUT2D eigenvalue weighted by Gasteiger charge is 2.22. The van der Waals surface area contributed by atoms with Crippen LogP contribution in [0.4, 0.5) is 5.00 Å². The second kappa shape index (κ2) is 10.4. The Morgan fingerprint density at radius 3 is 2.54 bits per heavy atom. The molecule has 1 aromatic carbocycles. The van der Waals surface area contributed by atoms with Crippen LogP contribution in [-0.4, -0.2) is 30.5 Å². The molecule has 2 rings (SSSR count). The van der Waals surface area contributed by atoms with E-state index in [1.807, 2.05) is 23.8 Å². The lowest BCUT2D eigenvalue weighted by atomic mass is 10.0. The maximum absolute atomic E-state index is 12.5. The first-order chi connectivity index (χ1) is 12.6. The van der Waals surface area contributed by atoms with E-state index in [0.29, 0.717) is 23.6 Å². The van der Waals surface area contributed by atoms with Gasteiger partial charge in [-0.2, -0.15) is 11.8 Å². The number of thiophene rings is 1. The van der Waals surface area contributed by atoms with Crippen LogP contribution >= 0.6 is 23.1 Å². The molecule has 0 fully saturated rings. The average Bonchev–Trinajstić information content (AvgIpc) is 3.05. The van der Waals surface area contributed by atoms with Crippen molar-refractivity contribution in [2.75, 3.05) is 23.9 Å². The lowest BCUT2D eigenvalue weighted by Gasteiger charge is -2.09. The van der Waals surface area contributed by atoms with Crippen molar-refractivity contribution >= 4 is 40.0 Å². The topological polar surface area (TPSA) is 55.4 Å². The number of thioether (sulfide) groups is 1. The molecule has 0 atom stereocenters. The van der Waals surface area contributed by atoms with Crippen molar-refractivity contribution in [3.8, 4) is 11.1 Å². The Balaban J connectivity index is 2.29. The fourth-order valence-corrected chi connectivity index (χ4v) is 3.96. The van der Waals surface area contributed by atoms with E-state index in [0.717, 1.165) is 29.7 Å². The zero-order valence-electron chi connectivity index (χ0n) is 15.5. The van der Waals surface area contributed by atoms with E-state index >= 15 is 0 Å². The van der Waals surface area contributed by atoms with Gasteiger partial charge in [-0.3, -0.25) is 4.79 Å². The van der Waals surface area contributed by atoms with E-state index < -0.39 is 5.97 Å². The molecular weight excluding hydrogens is 366 g/mol. The third-order valence-electron chi connectivity index (χ3n) is 3.95. The number of amides is 1. The number of rotatable bonds is 9. The molecule has 0 bridgehead atoms. The Bertz CT molecular complexity index is 738. The quantitative estimate of drug-likeness (QED) is 0.469. The van der Waals surface area contributed by atoms with Gasteiger partial charge in [0.1, 0.15) is 10.6 Å². The predicted molar refractivity (Wildman–Crippen MR) is 111 cm³/mol. The molecule has 0 aliphatic rings. The summed E-state index contributed by atoms with van der Waals surface area (Å²) in [6, 6.07) is 8.13. The summed E-state index contributed by atoms with van der Waals surface area (Å²) < 4.78 is 5.23. The van der Waals surface area contributed by atoms with Crippen LogP contribution in [0.1, 0.15) is 42.6 Å². The molecule has 0 spiro atoms. The lowest BCUT2D eigenvalue weighted by molar-refractivity contribution is -0.116. The van der Waals surface area contributed by atoms with Crippen LogP contribution in [0.15, 0.2) is 29.6 Å². The maximum atomic E-state index is 12.5. The van der Waals surface area contributed by atoms with Crippen LogP contribution in [0.3, 0.4) is 0 Å². The monoisotopic (exact) mass is 391 g/mol. The van der Waals surface area contributed by atoms with Crippen molar-refractivity contribution in [3.63, 3.8) is 0 Å². The van der Waals surface area contributed by atoms with Crippen LogP contribution in [-0.2, 0) is 16.0 Å².